The molecule has 0 fully saturated rings. The molecule has 0 spiro atoms. The number of aryl methyl sites for hydroxylation is 1. The van der Waals surface area contributed by atoms with Crippen molar-refractivity contribution in [1.29, 1.82) is 0 Å². The molecule has 0 aromatic carbocycles. The van der Waals surface area contributed by atoms with Gasteiger partial charge >= 0.3 is 6.18 Å². The molecule has 14 heteroatoms. The number of alkyl halides is 3. The Kier molecular flexibility index (Phi) is 6.28. The number of aromatic nitrogens is 2. The Morgan fingerprint density at radius 2 is 1.79 bits per heavy atom. The van der Waals surface area contributed by atoms with Crippen molar-refractivity contribution in [2.75, 3.05) is 5.32 Å². The molecule has 2 aromatic rings. The van der Waals surface area contributed by atoms with Crippen LogP contribution >= 0.6 is 23.2 Å². The second-order valence-electron chi connectivity index (χ2n) is 5.61. The van der Waals surface area contributed by atoms with Crippen molar-refractivity contribution in [3.8, 4) is 0 Å². The number of carbonyl (C=O) groups excluding carboxylic acids is 1. The maximum absolute atomic E-state index is 14.6. The molecule has 28 heavy (non-hydrogen) atoms. The smallest absolute Gasteiger partial charge is 0.343 e. The van der Waals surface area contributed by atoms with Gasteiger partial charge in [0.05, 0.1) is 0 Å². The minimum absolute atomic E-state index is 0.0452. The standard InChI is InChI=1S/C14H12Cl2F4N4O3S/c1-6(14(18,19)20)23-28(26,27)8-5-24(2)12(11(8)17)13(25)21-7-3-9(15)22-10(16)4-7/h3-6,23H,1-2H3,(H,21,22,25). The van der Waals surface area contributed by atoms with Gasteiger partial charge in [0.1, 0.15) is 26.9 Å². The second-order valence-corrected chi connectivity index (χ2v) is 8.06. The summed E-state index contributed by atoms with van der Waals surface area (Å²) in [7, 11) is -3.74. The van der Waals surface area contributed by atoms with Gasteiger partial charge in [-0.1, -0.05) is 23.2 Å². The monoisotopic (exact) mass is 462 g/mol. The summed E-state index contributed by atoms with van der Waals surface area (Å²) in [5.74, 6) is -2.60. The van der Waals surface area contributed by atoms with E-state index in [1.807, 2.05) is 0 Å². The van der Waals surface area contributed by atoms with E-state index >= 15 is 0 Å². The third-order valence-corrected chi connectivity index (χ3v) is 5.35. The lowest BCUT2D eigenvalue weighted by atomic mass is 10.3. The molecule has 0 aliphatic rings. The quantitative estimate of drug-likeness (QED) is 0.526. The maximum atomic E-state index is 14.6. The van der Waals surface area contributed by atoms with Crippen LogP contribution in [0, 0.1) is 5.82 Å². The van der Waals surface area contributed by atoms with Crippen LogP contribution in [0.2, 0.25) is 10.3 Å². The fourth-order valence-corrected chi connectivity index (χ4v) is 3.92. The lowest BCUT2D eigenvalue weighted by Crippen LogP contribution is -2.43. The Bertz CT molecular complexity index is 1000. The van der Waals surface area contributed by atoms with Crippen LogP contribution < -0.4 is 10.0 Å². The van der Waals surface area contributed by atoms with Crippen molar-refractivity contribution in [3.63, 3.8) is 0 Å². The molecule has 2 rings (SSSR count). The second kappa shape index (κ2) is 7.85. The van der Waals surface area contributed by atoms with Gasteiger partial charge < -0.3 is 9.88 Å². The van der Waals surface area contributed by atoms with E-state index in [4.69, 9.17) is 23.2 Å². The van der Waals surface area contributed by atoms with Crippen molar-refractivity contribution in [1.82, 2.24) is 14.3 Å². The van der Waals surface area contributed by atoms with E-state index in [1.54, 1.807) is 0 Å². The van der Waals surface area contributed by atoms with Gasteiger partial charge in [0.25, 0.3) is 5.91 Å². The summed E-state index contributed by atoms with van der Waals surface area (Å²) < 4.78 is 78.7. The maximum Gasteiger partial charge on any atom is 0.404 e. The molecule has 0 bridgehead atoms. The Morgan fingerprint density at radius 1 is 1.25 bits per heavy atom. The van der Waals surface area contributed by atoms with E-state index < -0.39 is 44.6 Å². The number of amides is 1. The molecular formula is C14H12Cl2F4N4O3S. The Hall–Kier alpha value is -1.89. The molecule has 0 radical (unpaired) electrons. The zero-order chi connectivity index (χ0) is 21.4. The first kappa shape index (κ1) is 22.4. The molecular weight excluding hydrogens is 451 g/mol. The van der Waals surface area contributed by atoms with Crippen LogP contribution in [-0.4, -0.2) is 36.1 Å². The summed E-state index contributed by atoms with van der Waals surface area (Å²) in [5.41, 5.74) is -0.687. The zero-order valence-electron chi connectivity index (χ0n) is 14.1. The largest absolute Gasteiger partial charge is 0.404 e. The van der Waals surface area contributed by atoms with E-state index in [0.717, 1.165) is 11.6 Å². The Morgan fingerprint density at radius 3 is 2.29 bits per heavy atom. The molecule has 0 aliphatic heterocycles. The van der Waals surface area contributed by atoms with Crippen LogP contribution in [0.4, 0.5) is 23.2 Å². The molecule has 0 saturated carbocycles. The van der Waals surface area contributed by atoms with Gasteiger partial charge in [-0.3, -0.25) is 4.79 Å². The summed E-state index contributed by atoms with van der Waals surface area (Å²) >= 11 is 11.4. The number of rotatable bonds is 5. The summed E-state index contributed by atoms with van der Waals surface area (Å²) in [4.78, 5) is 14.9. The number of hydrogen-bond donors (Lipinski definition) is 2. The van der Waals surface area contributed by atoms with E-state index in [0.29, 0.717) is 13.1 Å². The molecule has 1 unspecified atom stereocenters. The van der Waals surface area contributed by atoms with Gasteiger partial charge in [0.2, 0.25) is 10.0 Å². The first-order valence-electron chi connectivity index (χ1n) is 7.30. The van der Waals surface area contributed by atoms with E-state index in [2.05, 4.69) is 10.3 Å². The summed E-state index contributed by atoms with van der Waals surface area (Å²) in [6.45, 7) is 0.558. The summed E-state index contributed by atoms with van der Waals surface area (Å²) in [6, 6.07) is -0.0530. The first-order chi connectivity index (χ1) is 12.7. The number of sulfonamides is 1. The average molecular weight is 463 g/mol. The highest BCUT2D eigenvalue weighted by Gasteiger charge is 2.40. The van der Waals surface area contributed by atoms with E-state index in [9.17, 15) is 30.8 Å². The van der Waals surface area contributed by atoms with Crippen molar-refractivity contribution < 1.29 is 30.8 Å². The van der Waals surface area contributed by atoms with Gasteiger partial charge in [-0.2, -0.15) is 17.9 Å². The highest BCUT2D eigenvalue weighted by molar-refractivity contribution is 7.89. The molecule has 2 N–H and O–H groups in total. The molecule has 1 atom stereocenters. The third-order valence-electron chi connectivity index (χ3n) is 3.44. The highest BCUT2D eigenvalue weighted by Crippen LogP contribution is 2.25. The van der Waals surface area contributed by atoms with Crippen molar-refractivity contribution in [3.05, 3.63) is 40.1 Å². The lowest BCUT2D eigenvalue weighted by Gasteiger charge is -2.16. The highest BCUT2D eigenvalue weighted by atomic mass is 35.5. The lowest BCUT2D eigenvalue weighted by molar-refractivity contribution is -0.147. The van der Waals surface area contributed by atoms with Crippen LogP contribution in [0.15, 0.2) is 23.2 Å². The number of nitrogens with zero attached hydrogens (tertiary/aromatic N) is 2. The summed E-state index contributed by atoms with van der Waals surface area (Å²) in [6.07, 6.45) is -4.19. The number of nitrogens with one attached hydrogen (secondary N) is 2. The van der Waals surface area contributed by atoms with Crippen LogP contribution in [-0.2, 0) is 17.1 Å². The molecule has 2 heterocycles. The van der Waals surface area contributed by atoms with Gasteiger partial charge in [-0.15, -0.1) is 0 Å². The number of halogens is 6. The molecule has 2 aromatic heterocycles. The zero-order valence-corrected chi connectivity index (χ0v) is 16.4. The van der Waals surface area contributed by atoms with Crippen molar-refractivity contribution >= 4 is 44.8 Å². The number of hydrogen-bond acceptors (Lipinski definition) is 4. The Labute approximate surface area is 166 Å². The van der Waals surface area contributed by atoms with Gasteiger partial charge in [0, 0.05) is 18.9 Å². The van der Waals surface area contributed by atoms with E-state index in [-0.39, 0.29) is 16.0 Å². The fraction of sp³-hybridized carbons (Fsp3) is 0.286. The van der Waals surface area contributed by atoms with Crippen LogP contribution in [0.5, 0.6) is 0 Å². The van der Waals surface area contributed by atoms with Gasteiger partial charge in [-0.05, 0) is 19.1 Å². The topological polar surface area (TPSA) is 93.1 Å². The molecule has 0 saturated heterocycles. The molecule has 154 valence electrons. The Balaban J connectivity index is 2.36. The van der Waals surface area contributed by atoms with Crippen molar-refractivity contribution in [2.45, 2.75) is 24.0 Å². The number of carbonyl (C=O) groups is 1. The van der Waals surface area contributed by atoms with Gasteiger partial charge in [0.15, 0.2) is 5.82 Å². The van der Waals surface area contributed by atoms with Crippen LogP contribution in [0.3, 0.4) is 0 Å². The predicted molar refractivity (Wildman–Crippen MR) is 93.4 cm³/mol. The molecule has 7 nitrogen and oxygen atoms in total. The normalized spacial score (nSPS) is 13.4. The predicted octanol–water partition coefficient (Wildman–Crippen LogP) is 3.35. The minimum Gasteiger partial charge on any atom is -0.343 e. The molecule has 1 amide bonds. The van der Waals surface area contributed by atoms with Crippen LogP contribution in [0.1, 0.15) is 17.4 Å². The molecule has 0 aliphatic carbocycles. The fourth-order valence-electron chi connectivity index (χ4n) is 2.11. The SMILES string of the molecule is CC(NS(=O)(=O)c1cn(C)c(C(=O)Nc2cc(Cl)nc(Cl)c2)c1F)C(F)(F)F. The minimum atomic E-state index is -4.89. The third kappa shape index (κ3) is 4.93. The van der Waals surface area contributed by atoms with Gasteiger partial charge in [-0.25, -0.2) is 17.8 Å². The number of anilines is 1. The number of pyridine rings is 1. The van der Waals surface area contributed by atoms with Crippen LogP contribution in [0.25, 0.3) is 0 Å². The first-order valence-corrected chi connectivity index (χ1v) is 9.54. The summed E-state index contributed by atoms with van der Waals surface area (Å²) in [5, 5.41) is 2.12. The van der Waals surface area contributed by atoms with Crippen molar-refractivity contribution in [2.24, 2.45) is 7.05 Å². The average Bonchev–Trinajstić information content (AvgIpc) is 2.80. The van der Waals surface area contributed by atoms with E-state index in [1.165, 1.54) is 16.9 Å².